The van der Waals surface area contributed by atoms with Crippen LogP contribution in [0.15, 0.2) is 35.5 Å². The van der Waals surface area contributed by atoms with Crippen LogP contribution in [0.25, 0.3) is 5.69 Å². The maximum atomic E-state index is 13.4. The van der Waals surface area contributed by atoms with Gasteiger partial charge in [0.15, 0.2) is 5.03 Å². The first-order valence-electron chi connectivity index (χ1n) is 6.14. The molecular weight excluding hydrogens is 281 g/mol. The number of aryl methyl sites for hydroxylation is 1. The molecular formula is C13H16FN3O2S. The van der Waals surface area contributed by atoms with Gasteiger partial charge in [0.05, 0.1) is 11.9 Å². The minimum absolute atomic E-state index is 0.0140. The molecule has 5 nitrogen and oxygen atoms in total. The number of benzene rings is 1. The Morgan fingerprint density at radius 3 is 2.65 bits per heavy atom. The van der Waals surface area contributed by atoms with Gasteiger partial charge in [0.25, 0.3) is 10.0 Å². The van der Waals surface area contributed by atoms with Crippen LogP contribution in [0.1, 0.15) is 19.4 Å². The van der Waals surface area contributed by atoms with Crippen LogP contribution in [-0.4, -0.2) is 24.2 Å². The summed E-state index contributed by atoms with van der Waals surface area (Å²) in [4.78, 5) is 0. The summed E-state index contributed by atoms with van der Waals surface area (Å²) in [6.45, 7) is 5.22. The number of hydrogen-bond acceptors (Lipinski definition) is 3. The van der Waals surface area contributed by atoms with Gasteiger partial charge in [-0.05, 0) is 44.5 Å². The van der Waals surface area contributed by atoms with Gasteiger partial charge in [-0.2, -0.15) is 5.10 Å². The van der Waals surface area contributed by atoms with Gasteiger partial charge < -0.3 is 0 Å². The fourth-order valence-electron chi connectivity index (χ4n) is 1.86. The highest BCUT2D eigenvalue weighted by atomic mass is 32.2. The average molecular weight is 297 g/mol. The van der Waals surface area contributed by atoms with Gasteiger partial charge in [-0.3, -0.25) is 0 Å². The van der Waals surface area contributed by atoms with E-state index < -0.39 is 15.8 Å². The van der Waals surface area contributed by atoms with E-state index in [2.05, 4.69) is 9.82 Å². The van der Waals surface area contributed by atoms with Gasteiger partial charge in [0, 0.05) is 6.04 Å². The van der Waals surface area contributed by atoms with E-state index in [1.54, 1.807) is 26.8 Å². The van der Waals surface area contributed by atoms with Gasteiger partial charge in [-0.25, -0.2) is 22.2 Å². The lowest BCUT2D eigenvalue weighted by Gasteiger charge is -2.13. The standard InChI is InChI=1S/C13H16FN3O2S/c1-9(2)16-20(18,19)13-6-7-15-17(13)12-8-11(14)5-4-10(12)3/h4-9,16H,1-3H3. The summed E-state index contributed by atoms with van der Waals surface area (Å²) in [5.74, 6) is -0.443. The molecule has 0 spiro atoms. The number of hydrogen-bond donors (Lipinski definition) is 1. The second-order valence-corrected chi connectivity index (χ2v) is 6.45. The third-order valence-corrected chi connectivity index (χ3v) is 4.31. The Labute approximate surface area is 117 Å². The molecule has 0 amide bonds. The molecule has 1 heterocycles. The first-order chi connectivity index (χ1) is 9.31. The summed E-state index contributed by atoms with van der Waals surface area (Å²) < 4.78 is 41.5. The summed E-state index contributed by atoms with van der Waals surface area (Å²) in [5.41, 5.74) is 1.13. The molecule has 0 aliphatic carbocycles. The van der Waals surface area contributed by atoms with Gasteiger partial charge in [-0.15, -0.1) is 0 Å². The highest BCUT2D eigenvalue weighted by molar-refractivity contribution is 7.89. The Kier molecular flexibility index (Phi) is 3.92. The largest absolute Gasteiger partial charge is 0.258 e. The Morgan fingerprint density at radius 2 is 2.00 bits per heavy atom. The van der Waals surface area contributed by atoms with Crippen LogP contribution in [0, 0.1) is 12.7 Å². The number of aromatic nitrogens is 2. The Hall–Kier alpha value is -1.73. The molecule has 1 aromatic carbocycles. The normalized spacial score (nSPS) is 12.1. The van der Waals surface area contributed by atoms with Crippen molar-refractivity contribution in [3.63, 3.8) is 0 Å². The minimum Gasteiger partial charge on any atom is -0.220 e. The highest BCUT2D eigenvalue weighted by Gasteiger charge is 2.22. The van der Waals surface area contributed by atoms with Crippen LogP contribution in [0.2, 0.25) is 0 Å². The van der Waals surface area contributed by atoms with Crippen molar-refractivity contribution in [3.05, 3.63) is 41.8 Å². The van der Waals surface area contributed by atoms with E-state index in [-0.39, 0.29) is 11.1 Å². The van der Waals surface area contributed by atoms with Crippen molar-refractivity contribution in [2.45, 2.75) is 31.8 Å². The van der Waals surface area contributed by atoms with Crippen LogP contribution in [-0.2, 0) is 10.0 Å². The molecule has 0 fully saturated rings. The van der Waals surface area contributed by atoms with E-state index in [0.717, 1.165) is 5.56 Å². The van der Waals surface area contributed by atoms with Crippen LogP contribution < -0.4 is 4.72 Å². The average Bonchev–Trinajstić information content (AvgIpc) is 2.80. The van der Waals surface area contributed by atoms with E-state index in [4.69, 9.17) is 0 Å². The molecule has 2 aromatic rings. The molecule has 2 rings (SSSR count). The van der Waals surface area contributed by atoms with E-state index in [1.807, 2.05) is 0 Å². The van der Waals surface area contributed by atoms with Gasteiger partial charge in [-0.1, -0.05) is 6.07 Å². The summed E-state index contributed by atoms with van der Waals surface area (Å²) in [7, 11) is -3.70. The van der Waals surface area contributed by atoms with Gasteiger partial charge in [0.2, 0.25) is 0 Å². The lowest BCUT2D eigenvalue weighted by molar-refractivity contribution is 0.559. The zero-order valence-corrected chi connectivity index (χ0v) is 12.3. The molecule has 0 bridgehead atoms. The second-order valence-electron chi connectivity index (χ2n) is 4.79. The van der Waals surface area contributed by atoms with Crippen molar-refractivity contribution < 1.29 is 12.8 Å². The van der Waals surface area contributed by atoms with E-state index in [9.17, 15) is 12.8 Å². The zero-order chi connectivity index (χ0) is 14.9. The Balaban J connectivity index is 2.56. The van der Waals surface area contributed by atoms with Crippen LogP contribution in [0.5, 0.6) is 0 Å². The maximum absolute atomic E-state index is 13.4. The highest BCUT2D eigenvalue weighted by Crippen LogP contribution is 2.19. The SMILES string of the molecule is Cc1ccc(F)cc1-n1nccc1S(=O)(=O)NC(C)C. The number of nitrogens with zero attached hydrogens (tertiary/aromatic N) is 2. The predicted octanol–water partition coefficient (Wildman–Crippen LogP) is 2.01. The second kappa shape index (κ2) is 5.34. The molecule has 0 aliphatic rings. The molecule has 0 saturated carbocycles. The minimum atomic E-state index is -3.70. The lowest BCUT2D eigenvalue weighted by Crippen LogP contribution is -2.31. The summed E-state index contributed by atoms with van der Waals surface area (Å²) in [5, 5.41) is 3.98. The van der Waals surface area contributed by atoms with Crippen LogP contribution in [0.3, 0.4) is 0 Å². The predicted molar refractivity (Wildman–Crippen MR) is 73.7 cm³/mol. The van der Waals surface area contributed by atoms with Crippen molar-refractivity contribution in [2.75, 3.05) is 0 Å². The van der Waals surface area contributed by atoms with E-state index in [1.165, 1.54) is 29.1 Å². The molecule has 0 unspecified atom stereocenters. The molecule has 1 N–H and O–H groups in total. The van der Waals surface area contributed by atoms with Crippen molar-refractivity contribution in [1.82, 2.24) is 14.5 Å². The molecule has 0 atom stereocenters. The summed E-state index contributed by atoms with van der Waals surface area (Å²) in [6, 6.07) is 5.31. The Morgan fingerprint density at radius 1 is 1.30 bits per heavy atom. The monoisotopic (exact) mass is 297 g/mol. The van der Waals surface area contributed by atoms with Crippen molar-refractivity contribution in [3.8, 4) is 5.69 Å². The maximum Gasteiger partial charge on any atom is 0.258 e. The molecule has 108 valence electrons. The molecule has 20 heavy (non-hydrogen) atoms. The van der Waals surface area contributed by atoms with E-state index in [0.29, 0.717) is 5.69 Å². The fraction of sp³-hybridized carbons (Fsp3) is 0.308. The molecule has 0 radical (unpaired) electrons. The van der Waals surface area contributed by atoms with Crippen molar-refractivity contribution in [1.29, 1.82) is 0 Å². The third kappa shape index (κ3) is 2.88. The third-order valence-electron chi connectivity index (χ3n) is 2.67. The van der Waals surface area contributed by atoms with Crippen molar-refractivity contribution in [2.24, 2.45) is 0 Å². The number of sulfonamides is 1. The van der Waals surface area contributed by atoms with Gasteiger partial charge >= 0.3 is 0 Å². The lowest BCUT2D eigenvalue weighted by atomic mass is 10.2. The molecule has 1 aromatic heterocycles. The molecule has 0 saturated heterocycles. The molecule has 0 aliphatic heterocycles. The number of nitrogens with one attached hydrogen (secondary N) is 1. The number of halogens is 1. The topological polar surface area (TPSA) is 64.0 Å². The first kappa shape index (κ1) is 14.7. The quantitative estimate of drug-likeness (QED) is 0.939. The van der Waals surface area contributed by atoms with Crippen molar-refractivity contribution >= 4 is 10.0 Å². The van der Waals surface area contributed by atoms with Crippen LogP contribution in [0.4, 0.5) is 4.39 Å². The molecule has 7 heteroatoms. The van der Waals surface area contributed by atoms with E-state index >= 15 is 0 Å². The smallest absolute Gasteiger partial charge is 0.220 e. The first-order valence-corrected chi connectivity index (χ1v) is 7.62. The number of rotatable bonds is 4. The summed E-state index contributed by atoms with van der Waals surface area (Å²) in [6.07, 6.45) is 1.37. The van der Waals surface area contributed by atoms with Crippen LogP contribution >= 0.6 is 0 Å². The fourth-order valence-corrected chi connectivity index (χ4v) is 3.21. The van der Waals surface area contributed by atoms with Gasteiger partial charge in [0.1, 0.15) is 5.82 Å². The Bertz CT molecular complexity index is 723. The zero-order valence-electron chi connectivity index (χ0n) is 11.5. The summed E-state index contributed by atoms with van der Waals surface area (Å²) >= 11 is 0.